The third-order valence-corrected chi connectivity index (χ3v) is 6.68. The van der Waals surface area contributed by atoms with Crippen LogP contribution in [0.15, 0.2) is 53.4 Å². The van der Waals surface area contributed by atoms with E-state index in [2.05, 4.69) is 12.1 Å². The molecule has 0 amide bonds. The van der Waals surface area contributed by atoms with Gasteiger partial charge in [-0.25, -0.2) is 8.42 Å². The Balaban J connectivity index is 1.66. The third kappa shape index (κ3) is 4.15. The number of halogens is 1. The molecule has 1 N–H and O–H groups in total. The van der Waals surface area contributed by atoms with Gasteiger partial charge in [-0.15, -0.1) is 0 Å². The van der Waals surface area contributed by atoms with Crippen molar-refractivity contribution in [3.05, 3.63) is 59.1 Å². The van der Waals surface area contributed by atoms with Gasteiger partial charge >= 0.3 is 0 Å². The Kier molecular flexibility index (Phi) is 5.64. The molecule has 1 saturated heterocycles. The fourth-order valence-electron chi connectivity index (χ4n) is 3.06. The van der Waals surface area contributed by atoms with Crippen LogP contribution in [0, 0.1) is 0 Å². The first-order valence-electron chi connectivity index (χ1n) is 8.22. The van der Waals surface area contributed by atoms with Crippen molar-refractivity contribution in [1.82, 2.24) is 4.31 Å². The van der Waals surface area contributed by atoms with E-state index in [1.165, 1.54) is 23.6 Å². The highest BCUT2D eigenvalue weighted by Gasteiger charge is 2.30. The second-order valence-corrected chi connectivity index (χ2v) is 8.46. The highest BCUT2D eigenvalue weighted by Crippen LogP contribution is 2.28. The maximum atomic E-state index is 12.8. The van der Waals surface area contributed by atoms with Gasteiger partial charge in [0, 0.05) is 5.56 Å². The lowest BCUT2D eigenvalue weighted by molar-refractivity contribution is -0.917. The van der Waals surface area contributed by atoms with E-state index in [1.54, 1.807) is 16.4 Å². The molecule has 0 radical (unpaired) electrons. The third-order valence-electron chi connectivity index (χ3n) is 4.49. The smallest absolute Gasteiger partial charge is 0.243 e. The molecule has 0 bridgehead atoms. The molecular weight excluding hydrogens is 360 g/mol. The summed E-state index contributed by atoms with van der Waals surface area (Å²) in [6, 6.07) is 14.9. The lowest BCUT2D eigenvalue weighted by Crippen LogP contribution is -3.13. The fourth-order valence-corrected chi connectivity index (χ4v) is 4.85. The second kappa shape index (κ2) is 7.74. The molecule has 7 heteroatoms. The molecule has 1 aliphatic rings. The zero-order chi connectivity index (χ0) is 17.9. The summed E-state index contributed by atoms with van der Waals surface area (Å²) in [5.41, 5.74) is 1.27. The van der Waals surface area contributed by atoms with Crippen LogP contribution in [0.5, 0.6) is 5.75 Å². The van der Waals surface area contributed by atoms with Gasteiger partial charge in [-0.05, 0) is 18.2 Å². The number of methoxy groups -OCH3 is 1. The van der Waals surface area contributed by atoms with Gasteiger partial charge in [0.15, 0.2) is 0 Å². The van der Waals surface area contributed by atoms with Crippen molar-refractivity contribution in [2.45, 2.75) is 11.4 Å². The molecule has 0 spiro atoms. The summed E-state index contributed by atoms with van der Waals surface area (Å²) in [6.07, 6.45) is 0. The first-order chi connectivity index (χ1) is 12.0. The van der Waals surface area contributed by atoms with E-state index in [0.29, 0.717) is 23.9 Å². The number of hydrogen-bond acceptors (Lipinski definition) is 3. The van der Waals surface area contributed by atoms with Crippen LogP contribution < -0.4 is 9.64 Å². The number of benzene rings is 2. The molecule has 25 heavy (non-hydrogen) atoms. The summed E-state index contributed by atoms with van der Waals surface area (Å²) in [5, 5.41) is 0.303. The van der Waals surface area contributed by atoms with Crippen molar-refractivity contribution in [3.63, 3.8) is 0 Å². The minimum Gasteiger partial charge on any atom is -0.495 e. The summed E-state index contributed by atoms with van der Waals surface area (Å²) in [7, 11) is -2.02. The number of piperazine rings is 1. The van der Waals surface area contributed by atoms with Gasteiger partial charge in [-0.3, -0.25) is 0 Å². The molecule has 3 rings (SSSR count). The lowest BCUT2D eigenvalue weighted by Gasteiger charge is -2.31. The van der Waals surface area contributed by atoms with Crippen LogP contribution in [0.25, 0.3) is 0 Å². The van der Waals surface area contributed by atoms with Crippen LogP contribution in [0.4, 0.5) is 0 Å². The van der Waals surface area contributed by atoms with E-state index < -0.39 is 10.0 Å². The number of nitrogens with one attached hydrogen (secondary N) is 1. The Morgan fingerprint density at radius 3 is 2.40 bits per heavy atom. The predicted molar refractivity (Wildman–Crippen MR) is 97.6 cm³/mol. The fraction of sp³-hybridized carbons (Fsp3) is 0.333. The van der Waals surface area contributed by atoms with E-state index in [-0.39, 0.29) is 4.90 Å². The topological polar surface area (TPSA) is 51.1 Å². The minimum absolute atomic E-state index is 0.213. The maximum Gasteiger partial charge on any atom is 0.243 e. The lowest BCUT2D eigenvalue weighted by atomic mass is 10.2. The van der Waals surface area contributed by atoms with Crippen molar-refractivity contribution in [2.24, 2.45) is 0 Å². The van der Waals surface area contributed by atoms with Crippen molar-refractivity contribution >= 4 is 21.6 Å². The number of quaternary nitrogens is 1. The molecule has 0 aliphatic carbocycles. The first kappa shape index (κ1) is 18.2. The van der Waals surface area contributed by atoms with Crippen molar-refractivity contribution in [3.8, 4) is 5.75 Å². The number of nitrogens with zero attached hydrogens (tertiary/aromatic N) is 1. The summed E-state index contributed by atoms with van der Waals surface area (Å²) >= 11 is 6.08. The zero-order valence-corrected chi connectivity index (χ0v) is 15.7. The van der Waals surface area contributed by atoms with Gasteiger partial charge < -0.3 is 9.64 Å². The van der Waals surface area contributed by atoms with Gasteiger partial charge in [-0.2, -0.15) is 4.31 Å². The highest BCUT2D eigenvalue weighted by atomic mass is 35.5. The summed E-state index contributed by atoms with van der Waals surface area (Å²) in [6.45, 7) is 3.52. The highest BCUT2D eigenvalue weighted by molar-refractivity contribution is 7.89. The summed E-state index contributed by atoms with van der Waals surface area (Å²) in [5.74, 6) is 0.470. The minimum atomic E-state index is -3.53. The molecule has 0 unspecified atom stereocenters. The molecule has 0 saturated carbocycles. The SMILES string of the molecule is COc1ccc(S(=O)(=O)N2CC[NH+](Cc3ccccc3)CC2)cc1Cl. The van der Waals surface area contributed by atoms with Gasteiger partial charge in [-0.1, -0.05) is 41.9 Å². The maximum absolute atomic E-state index is 12.8. The van der Waals surface area contributed by atoms with Gasteiger partial charge in [0.2, 0.25) is 10.0 Å². The Hall–Kier alpha value is -1.60. The van der Waals surface area contributed by atoms with E-state index in [4.69, 9.17) is 16.3 Å². The Labute approximate surface area is 153 Å². The average Bonchev–Trinajstić information content (AvgIpc) is 2.63. The molecule has 134 valence electrons. The van der Waals surface area contributed by atoms with E-state index in [0.717, 1.165) is 19.6 Å². The summed E-state index contributed by atoms with van der Waals surface area (Å²) in [4.78, 5) is 1.61. The van der Waals surface area contributed by atoms with E-state index in [9.17, 15) is 8.42 Å². The van der Waals surface area contributed by atoms with Crippen LogP contribution in [-0.2, 0) is 16.6 Å². The molecule has 0 atom stereocenters. The van der Waals surface area contributed by atoms with E-state index in [1.807, 2.05) is 18.2 Å². The zero-order valence-electron chi connectivity index (χ0n) is 14.1. The van der Waals surface area contributed by atoms with Crippen LogP contribution in [0.2, 0.25) is 5.02 Å². The molecule has 5 nitrogen and oxygen atoms in total. The van der Waals surface area contributed by atoms with Crippen LogP contribution >= 0.6 is 11.6 Å². The Bertz CT molecular complexity index is 819. The number of hydrogen-bond donors (Lipinski definition) is 1. The molecule has 0 aromatic heterocycles. The van der Waals surface area contributed by atoms with Crippen molar-refractivity contribution in [2.75, 3.05) is 33.3 Å². The monoisotopic (exact) mass is 381 g/mol. The second-order valence-electron chi connectivity index (χ2n) is 6.11. The van der Waals surface area contributed by atoms with Crippen LogP contribution in [0.3, 0.4) is 0 Å². The largest absolute Gasteiger partial charge is 0.495 e. The van der Waals surface area contributed by atoms with Gasteiger partial charge in [0.05, 0.1) is 43.2 Å². The molecule has 2 aromatic rings. The first-order valence-corrected chi connectivity index (χ1v) is 10.0. The average molecular weight is 382 g/mol. The Morgan fingerprint density at radius 1 is 1.12 bits per heavy atom. The number of rotatable bonds is 5. The van der Waals surface area contributed by atoms with Crippen molar-refractivity contribution in [1.29, 1.82) is 0 Å². The molecule has 1 heterocycles. The quantitative estimate of drug-likeness (QED) is 0.852. The Morgan fingerprint density at radius 2 is 1.80 bits per heavy atom. The van der Waals surface area contributed by atoms with E-state index >= 15 is 0 Å². The molecule has 1 fully saturated rings. The molecule has 1 aliphatic heterocycles. The standard InChI is InChI=1S/C18H21ClN2O3S/c1-24-18-8-7-16(13-17(18)19)25(22,23)21-11-9-20(10-12-21)14-15-5-3-2-4-6-15/h2-8,13H,9-12,14H2,1H3/p+1. The van der Waals surface area contributed by atoms with Crippen molar-refractivity contribution < 1.29 is 18.1 Å². The van der Waals surface area contributed by atoms with Gasteiger partial charge in [0.25, 0.3) is 0 Å². The van der Waals surface area contributed by atoms with Crippen LogP contribution in [-0.4, -0.2) is 46.0 Å². The van der Waals surface area contributed by atoms with Crippen LogP contribution in [0.1, 0.15) is 5.56 Å². The predicted octanol–water partition coefficient (Wildman–Crippen LogP) is 1.44. The molecule has 2 aromatic carbocycles. The molecular formula is C18H22ClN2O3S+. The number of sulfonamides is 1. The van der Waals surface area contributed by atoms with Gasteiger partial charge in [0.1, 0.15) is 12.3 Å². The number of ether oxygens (including phenoxy) is 1. The normalized spacial score (nSPS) is 16.7. The summed E-state index contributed by atoms with van der Waals surface area (Å²) < 4.78 is 32.3.